The van der Waals surface area contributed by atoms with E-state index in [2.05, 4.69) is 36.3 Å². The minimum atomic E-state index is 0.0286. The summed E-state index contributed by atoms with van der Waals surface area (Å²) in [5.74, 6) is 1.93. The number of hydrogen-bond acceptors (Lipinski definition) is 6. The Labute approximate surface area is 110 Å². The van der Waals surface area contributed by atoms with Gasteiger partial charge < -0.3 is 14.5 Å². The number of ether oxygens (including phenoxy) is 1. The molecule has 0 saturated carbocycles. The fourth-order valence-corrected chi connectivity index (χ4v) is 2.08. The fourth-order valence-electron chi connectivity index (χ4n) is 1.30. The van der Waals surface area contributed by atoms with E-state index in [4.69, 9.17) is 9.15 Å². The van der Waals surface area contributed by atoms with E-state index in [0.717, 1.165) is 10.6 Å². The number of aromatic nitrogens is 2. The summed E-state index contributed by atoms with van der Waals surface area (Å²) in [6.45, 7) is 6.84. The molecule has 98 valence electrons. The lowest BCUT2D eigenvalue weighted by Crippen LogP contribution is -2.35. The molecular formula is C12H17N3O2S. The highest BCUT2D eigenvalue weighted by Crippen LogP contribution is 2.29. The number of nitrogens with one attached hydrogen (secondary N) is 1. The van der Waals surface area contributed by atoms with E-state index in [0.29, 0.717) is 18.3 Å². The van der Waals surface area contributed by atoms with Crippen molar-refractivity contribution in [3.63, 3.8) is 0 Å². The summed E-state index contributed by atoms with van der Waals surface area (Å²) in [6.07, 6.45) is 0. The molecule has 0 spiro atoms. The molecule has 0 bridgehead atoms. The van der Waals surface area contributed by atoms with Crippen LogP contribution >= 0.6 is 11.3 Å². The van der Waals surface area contributed by atoms with Crippen LogP contribution in [0.4, 0.5) is 0 Å². The van der Waals surface area contributed by atoms with Crippen LogP contribution in [0.3, 0.4) is 0 Å². The molecule has 6 heteroatoms. The third-order valence-electron chi connectivity index (χ3n) is 2.26. The molecular weight excluding hydrogens is 250 g/mol. The summed E-state index contributed by atoms with van der Waals surface area (Å²) in [4.78, 5) is 0.918. The van der Waals surface area contributed by atoms with Gasteiger partial charge in [-0.25, -0.2) is 0 Å². The molecule has 0 aliphatic carbocycles. The molecule has 1 N–H and O–H groups in total. The summed E-state index contributed by atoms with van der Waals surface area (Å²) in [5, 5.41) is 13.3. The second-order valence-corrected chi connectivity index (χ2v) is 5.87. The predicted molar refractivity (Wildman–Crippen MR) is 70.8 cm³/mol. The Kier molecular flexibility index (Phi) is 3.68. The number of rotatable bonds is 4. The lowest BCUT2D eigenvalue weighted by atomic mass is 10.1. The van der Waals surface area contributed by atoms with E-state index in [-0.39, 0.29) is 5.54 Å². The molecule has 18 heavy (non-hydrogen) atoms. The quantitative estimate of drug-likeness (QED) is 0.923. The van der Waals surface area contributed by atoms with Gasteiger partial charge in [0.2, 0.25) is 5.89 Å². The highest BCUT2D eigenvalue weighted by atomic mass is 32.1. The van der Waals surface area contributed by atoms with Crippen molar-refractivity contribution in [1.29, 1.82) is 0 Å². The van der Waals surface area contributed by atoms with Crippen molar-refractivity contribution in [1.82, 2.24) is 15.5 Å². The van der Waals surface area contributed by atoms with E-state index in [1.54, 1.807) is 7.11 Å². The third-order valence-corrected chi connectivity index (χ3v) is 3.16. The largest absolute Gasteiger partial charge is 0.496 e. The van der Waals surface area contributed by atoms with Gasteiger partial charge in [-0.3, -0.25) is 0 Å². The molecule has 0 unspecified atom stereocenters. The Morgan fingerprint density at radius 3 is 2.78 bits per heavy atom. The van der Waals surface area contributed by atoms with Crippen LogP contribution in [0.1, 0.15) is 26.7 Å². The second kappa shape index (κ2) is 5.07. The molecule has 0 fully saturated rings. The van der Waals surface area contributed by atoms with Gasteiger partial charge in [-0.05, 0) is 20.8 Å². The van der Waals surface area contributed by atoms with Gasteiger partial charge in [-0.1, -0.05) is 0 Å². The zero-order chi connectivity index (χ0) is 13.2. The van der Waals surface area contributed by atoms with Gasteiger partial charge in [0.15, 0.2) is 0 Å². The maximum Gasteiger partial charge on any atom is 0.257 e. The Morgan fingerprint density at radius 2 is 2.17 bits per heavy atom. The zero-order valence-corrected chi connectivity index (χ0v) is 11.8. The summed E-state index contributed by atoms with van der Waals surface area (Å²) < 4.78 is 10.7. The molecule has 0 radical (unpaired) electrons. The molecule has 0 amide bonds. The zero-order valence-electron chi connectivity index (χ0n) is 11.0. The van der Waals surface area contributed by atoms with Gasteiger partial charge in [0.05, 0.1) is 18.5 Å². The van der Waals surface area contributed by atoms with Gasteiger partial charge in [-0.2, -0.15) is 0 Å². The molecule has 0 aliphatic heterocycles. The SMILES string of the molecule is COc1csc(-c2nnc(CNC(C)(C)C)o2)c1. The van der Waals surface area contributed by atoms with Crippen molar-refractivity contribution < 1.29 is 9.15 Å². The monoisotopic (exact) mass is 267 g/mol. The maximum absolute atomic E-state index is 5.59. The molecule has 2 heterocycles. The van der Waals surface area contributed by atoms with E-state index in [9.17, 15) is 0 Å². The highest BCUT2D eigenvalue weighted by molar-refractivity contribution is 7.13. The van der Waals surface area contributed by atoms with Crippen LogP contribution in [0.2, 0.25) is 0 Å². The lowest BCUT2D eigenvalue weighted by Gasteiger charge is -2.18. The minimum Gasteiger partial charge on any atom is -0.496 e. The normalized spacial score (nSPS) is 11.8. The number of thiophene rings is 1. The first kappa shape index (κ1) is 13.0. The van der Waals surface area contributed by atoms with Gasteiger partial charge in [0.1, 0.15) is 5.75 Å². The Bertz CT molecular complexity index is 513. The first-order valence-electron chi connectivity index (χ1n) is 5.68. The van der Waals surface area contributed by atoms with Crippen molar-refractivity contribution in [2.75, 3.05) is 7.11 Å². The van der Waals surface area contributed by atoms with Gasteiger partial charge >= 0.3 is 0 Å². The van der Waals surface area contributed by atoms with E-state index in [1.807, 2.05) is 11.4 Å². The van der Waals surface area contributed by atoms with Crippen LogP contribution < -0.4 is 10.1 Å². The summed E-state index contributed by atoms with van der Waals surface area (Å²) in [7, 11) is 1.64. The van der Waals surface area contributed by atoms with Crippen molar-refractivity contribution in [2.45, 2.75) is 32.9 Å². The smallest absolute Gasteiger partial charge is 0.257 e. The summed E-state index contributed by atoms with van der Waals surface area (Å²) >= 11 is 1.52. The Balaban J connectivity index is 2.06. The third kappa shape index (κ3) is 3.30. The summed E-state index contributed by atoms with van der Waals surface area (Å²) in [5.41, 5.74) is 0.0286. The Morgan fingerprint density at radius 1 is 1.39 bits per heavy atom. The summed E-state index contributed by atoms with van der Waals surface area (Å²) in [6, 6.07) is 1.89. The predicted octanol–water partition coefficient (Wildman–Crippen LogP) is 2.69. The van der Waals surface area contributed by atoms with Crippen molar-refractivity contribution >= 4 is 11.3 Å². The Hall–Kier alpha value is -1.40. The van der Waals surface area contributed by atoms with Crippen molar-refractivity contribution in [3.05, 3.63) is 17.3 Å². The second-order valence-electron chi connectivity index (χ2n) is 4.96. The number of hydrogen-bond donors (Lipinski definition) is 1. The highest BCUT2D eigenvalue weighted by Gasteiger charge is 2.14. The maximum atomic E-state index is 5.59. The first-order valence-corrected chi connectivity index (χ1v) is 6.56. The van der Waals surface area contributed by atoms with Crippen molar-refractivity contribution in [3.8, 4) is 16.5 Å². The van der Waals surface area contributed by atoms with Crippen LogP contribution in [-0.2, 0) is 6.54 Å². The number of methoxy groups -OCH3 is 1. The van der Waals surface area contributed by atoms with Crippen LogP contribution in [0.5, 0.6) is 5.75 Å². The molecule has 0 aromatic carbocycles. The van der Waals surface area contributed by atoms with E-state index >= 15 is 0 Å². The molecule has 2 aromatic rings. The topological polar surface area (TPSA) is 60.2 Å². The number of nitrogens with zero attached hydrogens (tertiary/aromatic N) is 2. The average Bonchev–Trinajstić information content (AvgIpc) is 2.94. The van der Waals surface area contributed by atoms with Gasteiger partial charge in [0.25, 0.3) is 5.89 Å². The first-order chi connectivity index (χ1) is 8.48. The molecule has 2 aromatic heterocycles. The van der Waals surface area contributed by atoms with Crippen LogP contribution in [-0.4, -0.2) is 22.8 Å². The minimum absolute atomic E-state index is 0.0286. The van der Waals surface area contributed by atoms with E-state index in [1.165, 1.54) is 11.3 Å². The molecule has 0 atom stereocenters. The molecule has 5 nitrogen and oxygen atoms in total. The molecule has 0 saturated heterocycles. The van der Waals surface area contributed by atoms with Gasteiger partial charge in [-0.15, -0.1) is 21.5 Å². The lowest BCUT2D eigenvalue weighted by molar-refractivity contribution is 0.383. The van der Waals surface area contributed by atoms with Gasteiger partial charge in [0, 0.05) is 17.0 Å². The molecule has 0 aliphatic rings. The van der Waals surface area contributed by atoms with E-state index < -0.39 is 0 Å². The van der Waals surface area contributed by atoms with Crippen molar-refractivity contribution in [2.24, 2.45) is 0 Å². The van der Waals surface area contributed by atoms with Crippen LogP contribution in [0.15, 0.2) is 15.9 Å². The molecule has 2 rings (SSSR count). The van der Waals surface area contributed by atoms with Crippen LogP contribution in [0.25, 0.3) is 10.8 Å². The average molecular weight is 267 g/mol. The standard InChI is InChI=1S/C12H17N3O2S/c1-12(2,3)13-6-10-14-15-11(17-10)9-5-8(16-4)7-18-9/h5,7,13H,6H2,1-4H3. The fraction of sp³-hybridized carbons (Fsp3) is 0.500. The van der Waals surface area contributed by atoms with Crippen LogP contribution in [0, 0.1) is 0 Å².